The van der Waals surface area contributed by atoms with Gasteiger partial charge >= 0.3 is 0 Å². The first kappa shape index (κ1) is 21.3. The molecule has 0 heterocycles. The minimum Gasteiger partial charge on any atom is -0.369 e. The lowest BCUT2D eigenvalue weighted by Gasteiger charge is -2.39. The predicted octanol–water partition coefficient (Wildman–Crippen LogP) is 4.77. The fraction of sp³-hybridized carbons (Fsp3) is 0.423. The number of nitrogens with two attached hydrogens (primary N) is 1. The van der Waals surface area contributed by atoms with E-state index in [1.54, 1.807) is 0 Å². The third-order valence-corrected chi connectivity index (χ3v) is 6.84. The lowest BCUT2D eigenvalue weighted by atomic mass is 9.64. The summed E-state index contributed by atoms with van der Waals surface area (Å²) in [5, 5.41) is 0. The molecule has 0 aliphatic heterocycles. The van der Waals surface area contributed by atoms with Crippen LogP contribution in [0.2, 0.25) is 0 Å². The molecule has 0 bridgehead atoms. The smallest absolute Gasteiger partial charge is 0.232 e. The molecule has 2 aromatic carbocycles. The summed E-state index contributed by atoms with van der Waals surface area (Å²) in [5.41, 5.74) is 7.39. The SMILES string of the molecule is C=CC(C(C)C)N(C)C1CCC(C(C(N)=O)(c2ccccc2)c2ccccc2)C1. The number of primary amides is 1. The number of carbonyl (C=O) groups excluding carboxylic acids is 1. The Labute approximate surface area is 175 Å². The maximum Gasteiger partial charge on any atom is 0.232 e. The first-order valence-corrected chi connectivity index (χ1v) is 10.7. The Hall–Kier alpha value is -2.39. The molecule has 2 N–H and O–H groups in total. The summed E-state index contributed by atoms with van der Waals surface area (Å²) in [7, 11) is 2.19. The molecule has 1 fully saturated rings. The van der Waals surface area contributed by atoms with Gasteiger partial charge in [0.05, 0.1) is 0 Å². The van der Waals surface area contributed by atoms with Crippen LogP contribution in [0.1, 0.15) is 44.2 Å². The van der Waals surface area contributed by atoms with E-state index in [0.717, 1.165) is 30.4 Å². The maximum absolute atomic E-state index is 13.2. The van der Waals surface area contributed by atoms with Crippen molar-refractivity contribution in [2.45, 2.75) is 50.6 Å². The van der Waals surface area contributed by atoms with Crippen molar-refractivity contribution >= 4 is 5.91 Å². The molecule has 1 aliphatic rings. The van der Waals surface area contributed by atoms with E-state index in [0.29, 0.717) is 18.0 Å². The summed E-state index contributed by atoms with van der Waals surface area (Å²) in [5.74, 6) is 0.405. The molecule has 1 amide bonds. The molecule has 0 saturated heterocycles. The number of carbonyl (C=O) groups is 1. The standard InChI is InChI=1S/C26H34N2O/c1-5-24(19(2)3)28(4)23-17-16-22(18-23)26(25(27)29,20-12-8-6-9-13-20)21-14-10-7-11-15-21/h5-15,19,22-24H,1,16-18H2,2-4H3,(H2,27,29). The normalized spacial score (nSPS) is 20.7. The summed E-state index contributed by atoms with van der Waals surface area (Å²) < 4.78 is 0. The molecule has 3 atom stereocenters. The summed E-state index contributed by atoms with van der Waals surface area (Å²) in [6, 6.07) is 20.9. The van der Waals surface area contributed by atoms with Gasteiger partial charge in [-0.15, -0.1) is 6.58 Å². The van der Waals surface area contributed by atoms with Crippen molar-refractivity contribution in [1.29, 1.82) is 0 Å². The van der Waals surface area contributed by atoms with Crippen LogP contribution in [0.25, 0.3) is 0 Å². The van der Waals surface area contributed by atoms with Crippen molar-refractivity contribution in [2.75, 3.05) is 7.05 Å². The molecule has 0 spiro atoms. The zero-order valence-corrected chi connectivity index (χ0v) is 17.9. The molecule has 0 aromatic heterocycles. The molecule has 2 aromatic rings. The molecular formula is C26H34N2O. The third-order valence-electron chi connectivity index (χ3n) is 6.84. The van der Waals surface area contributed by atoms with Crippen LogP contribution in [0, 0.1) is 11.8 Å². The number of rotatable bonds is 8. The van der Waals surface area contributed by atoms with Crippen molar-refractivity contribution in [3.8, 4) is 0 Å². The Balaban J connectivity index is 2.03. The first-order chi connectivity index (χ1) is 13.9. The highest BCUT2D eigenvalue weighted by Gasteiger charge is 2.50. The van der Waals surface area contributed by atoms with Crippen LogP contribution < -0.4 is 5.73 Å². The number of hydrogen-bond acceptors (Lipinski definition) is 2. The summed E-state index contributed by atoms with van der Waals surface area (Å²) in [4.78, 5) is 15.6. The molecule has 1 saturated carbocycles. The van der Waals surface area contributed by atoms with E-state index in [9.17, 15) is 4.79 Å². The third kappa shape index (κ3) is 3.89. The molecular weight excluding hydrogens is 356 g/mol. The van der Waals surface area contributed by atoms with Crippen LogP contribution in [0.15, 0.2) is 73.3 Å². The maximum atomic E-state index is 13.2. The Kier molecular flexibility index (Phi) is 6.59. The number of nitrogens with zero attached hydrogens (tertiary/aromatic N) is 1. The van der Waals surface area contributed by atoms with Crippen molar-refractivity contribution < 1.29 is 4.79 Å². The molecule has 0 radical (unpaired) electrons. The molecule has 3 rings (SSSR count). The van der Waals surface area contributed by atoms with Gasteiger partial charge in [-0.05, 0) is 49.3 Å². The monoisotopic (exact) mass is 390 g/mol. The topological polar surface area (TPSA) is 46.3 Å². The van der Waals surface area contributed by atoms with Crippen molar-refractivity contribution in [2.24, 2.45) is 17.6 Å². The quantitative estimate of drug-likeness (QED) is 0.660. The number of hydrogen-bond donors (Lipinski definition) is 1. The molecule has 29 heavy (non-hydrogen) atoms. The van der Waals surface area contributed by atoms with Gasteiger partial charge < -0.3 is 5.73 Å². The minimum atomic E-state index is -0.806. The summed E-state index contributed by atoms with van der Waals surface area (Å²) in [6.45, 7) is 8.52. The zero-order chi connectivity index (χ0) is 21.0. The van der Waals surface area contributed by atoms with E-state index in [1.165, 1.54) is 0 Å². The van der Waals surface area contributed by atoms with Crippen molar-refractivity contribution in [3.63, 3.8) is 0 Å². The molecule has 3 nitrogen and oxygen atoms in total. The average Bonchev–Trinajstić information content (AvgIpc) is 3.20. The fourth-order valence-corrected chi connectivity index (χ4v) is 5.40. The van der Waals surface area contributed by atoms with Gasteiger partial charge in [-0.1, -0.05) is 80.6 Å². The van der Waals surface area contributed by atoms with Crippen LogP contribution >= 0.6 is 0 Å². The van der Waals surface area contributed by atoms with Gasteiger partial charge in [-0.3, -0.25) is 9.69 Å². The molecule has 154 valence electrons. The highest BCUT2D eigenvalue weighted by Crippen LogP contribution is 2.48. The van der Waals surface area contributed by atoms with Gasteiger partial charge in [0.15, 0.2) is 0 Å². The van der Waals surface area contributed by atoms with Gasteiger partial charge in [0.1, 0.15) is 5.41 Å². The number of likely N-dealkylation sites (N-methyl/N-ethyl adjacent to an activating group) is 1. The van der Waals surface area contributed by atoms with Crippen LogP contribution in [0.5, 0.6) is 0 Å². The zero-order valence-electron chi connectivity index (χ0n) is 17.9. The predicted molar refractivity (Wildman–Crippen MR) is 121 cm³/mol. The van der Waals surface area contributed by atoms with E-state index < -0.39 is 5.41 Å². The largest absolute Gasteiger partial charge is 0.369 e. The lowest BCUT2D eigenvalue weighted by Crippen LogP contribution is -2.48. The van der Waals surface area contributed by atoms with Crippen LogP contribution in [0.4, 0.5) is 0 Å². The lowest BCUT2D eigenvalue weighted by molar-refractivity contribution is -0.123. The Morgan fingerprint density at radius 1 is 1.07 bits per heavy atom. The highest BCUT2D eigenvalue weighted by molar-refractivity contribution is 5.91. The van der Waals surface area contributed by atoms with E-state index in [-0.39, 0.29) is 11.8 Å². The van der Waals surface area contributed by atoms with Crippen LogP contribution in [-0.4, -0.2) is 29.9 Å². The summed E-state index contributed by atoms with van der Waals surface area (Å²) >= 11 is 0. The van der Waals surface area contributed by atoms with Gasteiger partial charge in [-0.2, -0.15) is 0 Å². The molecule has 3 unspecified atom stereocenters. The Morgan fingerprint density at radius 3 is 2.00 bits per heavy atom. The number of amides is 1. The Bertz CT molecular complexity index is 776. The van der Waals surface area contributed by atoms with Crippen LogP contribution in [0.3, 0.4) is 0 Å². The molecule has 3 heteroatoms. The molecule has 1 aliphatic carbocycles. The number of benzene rings is 2. The van der Waals surface area contributed by atoms with E-state index >= 15 is 0 Å². The second-order valence-corrected chi connectivity index (χ2v) is 8.70. The van der Waals surface area contributed by atoms with E-state index in [4.69, 9.17) is 5.73 Å². The van der Waals surface area contributed by atoms with E-state index in [2.05, 4.69) is 56.6 Å². The van der Waals surface area contributed by atoms with Gasteiger partial charge in [0.2, 0.25) is 5.91 Å². The van der Waals surface area contributed by atoms with Gasteiger partial charge in [-0.25, -0.2) is 0 Å². The average molecular weight is 391 g/mol. The van der Waals surface area contributed by atoms with Gasteiger partial charge in [0.25, 0.3) is 0 Å². The van der Waals surface area contributed by atoms with Crippen molar-refractivity contribution in [1.82, 2.24) is 4.90 Å². The minimum absolute atomic E-state index is 0.162. The second-order valence-electron chi connectivity index (χ2n) is 8.70. The van der Waals surface area contributed by atoms with E-state index in [1.807, 2.05) is 42.5 Å². The Morgan fingerprint density at radius 2 is 1.59 bits per heavy atom. The summed E-state index contributed by atoms with van der Waals surface area (Å²) in [6.07, 6.45) is 5.03. The van der Waals surface area contributed by atoms with Crippen LogP contribution in [-0.2, 0) is 10.2 Å². The van der Waals surface area contributed by atoms with Gasteiger partial charge in [0, 0.05) is 12.1 Å². The second kappa shape index (κ2) is 8.96. The van der Waals surface area contributed by atoms with Crippen molar-refractivity contribution in [3.05, 3.63) is 84.4 Å². The first-order valence-electron chi connectivity index (χ1n) is 10.7. The highest BCUT2D eigenvalue weighted by atomic mass is 16.1. The fourth-order valence-electron chi connectivity index (χ4n) is 5.40.